The van der Waals surface area contributed by atoms with Crippen molar-refractivity contribution in [1.82, 2.24) is 9.99 Å². The molecule has 28 heavy (non-hydrogen) atoms. The van der Waals surface area contributed by atoms with E-state index in [2.05, 4.69) is 10.5 Å². The Morgan fingerprint density at radius 2 is 1.82 bits per heavy atom. The van der Waals surface area contributed by atoms with Crippen LogP contribution in [0.4, 0.5) is 0 Å². The van der Waals surface area contributed by atoms with E-state index in [9.17, 15) is 9.59 Å². The lowest BCUT2D eigenvalue weighted by atomic mass is 10.1. The van der Waals surface area contributed by atoms with Gasteiger partial charge >= 0.3 is 0 Å². The topological polar surface area (TPSA) is 63.5 Å². The summed E-state index contributed by atoms with van der Waals surface area (Å²) in [5.41, 5.74) is 4.51. The first kappa shape index (κ1) is 19.9. The highest BCUT2D eigenvalue weighted by molar-refractivity contribution is 6.38. The molecule has 1 N–H and O–H groups in total. The van der Waals surface area contributed by atoms with Crippen LogP contribution in [0.15, 0.2) is 70.7 Å². The molecule has 2 aromatic carbocycles. The summed E-state index contributed by atoms with van der Waals surface area (Å²) in [6.45, 7) is 2.36. The average Bonchev–Trinajstić information content (AvgIpc) is 2.66. The number of benzene rings is 2. The highest BCUT2D eigenvalue weighted by Crippen LogP contribution is 2.22. The minimum Gasteiger partial charge on any atom is -0.310 e. The van der Waals surface area contributed by atoms with Gasteiger partial charge in [0, 0.05) is 11.8 Å². The summed E-state index contributed by atoms with van der Waals surface area (Å²) in [5, 5.41) is 4.68. The van der Waals surface area contributed by atoms with Crippen LogP contribution in [-0.2, 0) is 6.54 Å². The van der Waals surface area contributed by atoms with E-state index < -0.39 is 11.5 Å². The first-order valence-electron chi connectivity index (χ1n) is 8.48. The third-order valence-electron chi connectivity index (χ3n) is 4.06. The number of amides is 1. The summed E-state index contributed by atoms with van der Waals surface area (Å²) in [4.78, 5) is 25.0. The molecular formula is C21H17Cl2N3O2. The van der Waals surface area contributed by atoms with Crippen LogP contribution in [0.25, 0.3) is 0 Å². The van der Waals surface area contributed by atoms with Gasteiger partial charge in [0.1, 0.15) is 5.56 Å². The number of carbonyl (C=O) groups excluding carboxylic acids is 1. The standard InChI is InChI=1S/C21H17Cl2N3O2/c1-14-5-2-6-15(11-14)13-26-10-4-7-16(21(26)28)20(27)25-24-12-17-18(22)8-3-9-19(17)23/h2-12H,13H2,1H3,(H,25,27)/b24-12-. The largest absolute Gasteiger partial charge is 0.310 e. The van der Waals surface area contributed by atoms with Crippen molar-refractivity contribution in [3.05, 3.63) is 103 Å². The van der Waals surface area contributed by atoms with Crippen molar-refractivity contribution >= 4 is 35.3 Å². The molecule has 3 rings (SSSR count). The van der Waals surface area contributed by atoms with Gasteiger partial charge in [0.05, 0.1) is 22.8 Å². The van der Waals surface area contributed by atoms with Gasteiger partial charge < -0.3 is 4.57 Å². The molecule has 3 aromatic rings. The van der Waals surface area contributed by atoms with Gasteiger partial charge in [-0.05, 0) is 36.8 Å². The summed E-state index contributed by atoms with van der Waals surface area (Å²) in [6, 6.07) is 16.0. The molecular weight excluding hydrogens is 397 g/mol. The third kappa shape index (κ3) is 4.68. The predicted octanol–water partition coefficient (Wildman–Crippen LogP) is 4.28. The SMILES string of the molecule is Cc1cccc(Cn2cccc(C(=O)N/N=C\c3c(Cl)cccc3Cl)c2=O)c1. The van der Waals surface area contributed by atoms with Gasteiger partial charge in [-0.2, -0.15) is 5.10 Å². The minimum atomic E-state index is -0.608. The Kier molecular flexibility index (Phi) is 6.29. The summed E-state index contributed by atoms with van der Waals surface area (Å²) in [6.07, 6.45) is 2.99. The second kappa shape index (κ2) is 8.87. The van der Waals surface area contributed by atoms with Gasteiger partial charge in [-0.3, -0.25) is 9.59 Å². The van der Waals surface area contributed by atoms with E-state index in [0.717, 1.165) is 11.1 Å². The highest BCUT2D eigenvalue weighted by atomic mass is 35.5. The van der Waals surface area contributed by atoms with Gasteiger partial charge in [0.2, 0.25) is 0 Å². The smallest absolute Gasteiger partial charge is 0.276 e. The Hall–Kier alpha value is -2.89. The van der Waals surface area contributed by atoms with E-state index in [1.165, 1.54) is 16.8 Å². The number of carbonyl (C=O) groups is 1. The Morgan fingerprint density at radius 1 is 1.11 bits per heavy atom. The Labute approximate surface area is 172 Å². The van der Waals surface area contributed by atoms with Crippen LogP contribution >= 0.6 is 23.2 Å². The summed E-state index contributed by atoms with van der Waals surface area (Å²) >= 11 is 12.1. The number of hydrogen-bond acceptors (Lipinski definition) is 3. The highest BCUT2D eigenvalue weighted by Gasteiger charge is 2.12. The molecule has 142 valence electrons. The Bertz CT molecular complexity index is 1090. The number of pyridine rings is 1. The van der Waals surface area contributed by atoms with Crippen LogP contribution in [0.5, 0.6) is 0 Å². The molecule has 0 aliphatic rings. The van der Waals surface area contributed by atoms with Gasteiger partial charge in [0.25, 0.3) is 11.5 Å². The number of nitrogens with one attached hydrogen (secondary N) is 1. The van der Waals surface area contributed by atoms with Crippen molar-refractivity contribution in [2.75, 3.05) is 0 Å². The van der Waals surface area contributed by atoms with Crippen LogP contribution in [0.1, 0.15) is 27.0 Å². The molecule has 0 unspecified atom stereocenters. The zero-order chi connectivity index (χ0) is 20.1. The van der Waals surface area contributed by atoms with E-state index in [0.29, 0.717) is 22.2 Å². The molecule has 0 saturated heterocycles. The lowest BCUT2D eigenvalue weighted by molar-refractivity contribution is 0.0953. The first-order valence-corrected chi connectivity index (χ1v) is 9.23. The Balaban J connectivity index is 1.77. The van der Waals surface area contributed by atoms with Crippen LogP contribution in [0.3, 0.4) is 0 Å². The zero-order valence-corrected chi connectivity index (χ0v) is 16.5. The molecule has 0 radical (unpaired) electrons. The van der Waals surface area contributed by atoms with Crippen molar-refractivity contribution in [2.24, 2.45) is 5.10 Å². The molecule has 5 nitrogen and oxygen atoms in total. The van der Waals surface area contributed by atoms with Crippen molar-refractivity contribution < 1.29 is 4.79 Å². The molecule has 0 saturated carbocycles. The maximum absolute atomic E-state index is 12.6. The van der Waals surface area contributed by atoms with E-state index in [1.54, 1.807) is 30.5 Å². The molecule has 7 heteroatoms. The molecule has 0 aliphatic heterocycles. The number of rotatable bonds is 5. The predicted molar refractivity (Wildman–Crippen MR) is 113 cm³/mol. The van der Waals surface area contributed by atoms with Crippen molar-refractivity contribution in [3.63, 3.8) is 0 Å². The van der Waals surface area contributed by atoms with Crippen molar-refractivity contribution in [1.29, 1.82) is 0 Å². The maximum atomic E-state index is 12.6. The molecule has 1 heterocycles. The van der Waals surface area contributed by atoms with Crippen molar-refractivity contribution in [3.8, 4) is 0 Å². The maximum Gasteiger partial charge on any atom is 0.276 e. The number of nitrogens with zero attached hydrogens (tertiary/aromatic N) is 2. The normalized spacial score (nSPS) is 11.0. The molecule has 0 atom stereocenters. The van der Waals surface area contributed by atoms with Crippen LogP contribution in [-0.4, -0.2) is 16.7 Å². The third-order valence-corrected chi connectivity index (χ3v) is 4.72. The Morgan fingerprint density at radius 3 is 2.54 bits per heavy atom. The van der Waals surface area contributed by atoms with Gasteiger partial charge in [-0.25, -0.2) is 5.43 Å². The van der Waals surface area contributed by atoms with E-state index in [-0.39, 0.29) is 5.56 Å². The second-order valence-electron chi connectivity index (χ2n) is 6.18. The quantitative estimate of drug-likeness (QED) is 0.501. The average molecular weight is 414 g/mol. The molecule has 1 aromatic heterocycles. The zero-order valence-electron chi connectivity index (χ0n) is 15.0. The van der Waals surface area contributed by atoms with Crippen LogP contribution < -0.4 is 11.0 Å². The van der Waals surface area contributed by atoms with E-state index in [1.807, 2.05) is 31.2 Å². The fourth-order valence-electron chi connectivity index (χ4n) is 2.69. The lowest BCUT2D eigenvalue weighted by Gasteiger charge is -2.08. The summed E-state index contributed by atoms with van der Waals surface area (Å²) in [7, 11) is 0. The monoisotopic (exact) mass is 413 g/mol. The molecule has 0 spiro atoms. The van der Waals surface area contributed by atoms with Gasteiger partial charge in [0.15, 0.2) is 0 Å². The lowest BCUT2D eigenvalue weighted by Crippen LogP contribution is -2.30. The summed E-state index contributed by atoms with van der Waals surface area (Å²) < 4.78 is 1.48. The first-order chi connectivity index (χ1) is 13.5. The number of hydrogen-bond donors (Lipinski definition) is 1. The second-order valence-corrected chi connectivity index (χ2v) is 6.99. The molecule has 1 amide bonds. The van der Waals surface area contributed by atoms with Gasteiger partial charge in [-0.15, -0.1) is 0 Å². The molecule has 0 aliphatic carbocycles. The van der Waals surface area contributed by atoms with Crippen LogP contribution in [0, 0.1) is 6.92 Å². The fraction of sp³-hybridized carbons (Fsp3) is 0.0952. The fourth-order valence-corrected chi connectivity index (χ4v) is 3.19. The van der Waals surface area contributed by atoms with E-state index >= 15 is 0 Å². The number of aryl methyl sites for hydroxylation is 1. The summed E-state index contributed by atoms with van der Waals surface area (Å²) in [5.74, 6) is -0.608. The number of halogens is 2. The van der Waals surface area contributed by atoms with Crippen molar-refractivity contribution in [2.45, 2.75) is 13.5 Å². The minimum absolute atomic E-state index is 0.00226. The molecule has 0 bridgehead atoms. The van der Waals surface area contributed by atoms with Gasteiger partial charge in [-0.1, -0.05) is 59.1 Å². The molecule has 0 fully saturated rings. The number of aromatic nitrogens is 1. The van der Waals surface area contributed by atoms with E-state index in [4.69, 9.17) is 23.2 Å². The van der Waals surface area contributed by atoms with Crippen LogP contribution in [0.2, 0.25) is 10.0 Å². The number of hydrazone groups is 1.